The standard InChI is InChI=1S/C16H20N4O3/c1-12-19-13(9-23-12)15(21)18-10-16(22)6-4-8-20(11-16)14-5-2-3-7-17-14/h2-3,5,7,9,22H,4,6,8,10-11H2,1H3,(H,18,21). The molecule has 1 aliphatic heterocycles. The molecule has 2 aromatic rings. The van der Waals surface area contributed by atoms with Crippen LogP contribution in [0.3, 0.4) is 0 Å². The summed E-state index contributed by atoms with van der Waals surface area (Å²) in [5, 5.41) is 13.5. The van der Waals surface area contributed by atoms with E-state index in [1.54, 1.807) is 13.1 Å². The number of aromatic nitrogens is 2. The van der Waals surface area contributed by atoms with Gasteiger partial charge >= 0.3 is 0 Å². The van der Waals surface area contributed by atoms with Gasteiger partial charge in [0.05, 0.1) is 5.60 Å². The number of rotatable bonds is 4. The van der Waals surface area contributed by atoms with Gasteiger partial charge in [-0.2, -0.15) is 0 Å². The second kappa shape index (κ2) is 6.37. The van der Waals surface area contributed by atoms with Gasteiger partial charge < -0.3 is 19.7 Å². The zero-order chi connectivity index (χ0) is 16.3. The molecule has 122 valence electrons. The third kappa shape index (κ3) is 3.68. The molecule has 1 saturated heterocycles. The van der Waals surface area contributed by atoms with Gasteiger partial charge in [0.15, 0.2) is 11.6 Å². The fourth-order valence-corrected chi connectivity index (χ4v) is 2.80. The highest BCUT2D eigenvalue weighted by atomic mass is 16.3. The number of piperidine rings is 1. The summed E-state index contributed by atoms with van der Waals surface area (Å²) in [4.78, 5) is 22.4. The maximum atomic E-state index is 12.0. The summed E-state index contributed by atoms with van der Waals surface area (Å²) in [5.41, 5.74) is -0.756. The van der Waals surface area contributed by atoms with Gasteiger partial charge in [0.25, 0.3) is 5.91 Å². The summed E-state index contributed by atoms with van der Waals surface area (Å²) < 4.78 is 5.03. The van der Waals surface area contributed by atoms with E-state index in [2.05, 4.69) is 15.3 Å². The quantitative estimate of drug-likeness (QED) is 0.879. The van der Waals surface area contributed by atoms with E-state index in [9.17, 15) is 9.90 Å². The van der Waals surface area contributed by atoms with E-state index in [0.29, 0.717) is 18.9 Å². The van der Waals surface area contributed by atoms with Crippen LogP contribution in [0, 0.1) is 6.92 Å². The SMILES string of the molecule is Cc1nc(C(=O)NCC2(O)CCCN(c3ccccn3)C2)co1. The van der Waals surface area contributed by atoms with Crippen molar-refractivity contribution in [3.8, 4) is 0 Å². The molecule has 23 heavy (non-hydrogen) atoms. The van der Waals surface area contributed by atoms with Crippen molar-refractivity contribution in [2.75, 3.05) is 24.5 Å². The third-order valence-electron chi connectivity index (χ3n) is 3.96. The second-order valence-electron chi connectivity index (χ2n) is 5.87. The molecule has 2 N–H and O–H groups in total. The fraction of sp³-hybridized carbons (Fsp3) is 0.438. The smallest absolute Gasteiger partial charge is 0.273 e. The minimum absolute atomic E-state index is 0.168. The first-order valence-electron chi connectivity index (χ1n) is 7.64. The van der Waals surface area contributed by atoms with Crippen molar-refractivity contribution in [3.05, 3.63) is 42.2 Å². The summed E-state index contributed by atoms with van der Waals surface area (Å²) in [7, 11) is 0. The van der Waals surface area contributed by atoms with E-state index in [1.165, 1.54) is 6.26 Å². The maximum absolute atomic E-state index is 12.0. The molecule has 0 aliphatic carbocycles. The van der Waals surface area contributed by atoms with Crippen LogP contribution >= 0.6 is 0 Å². The lowest BCUT2D eigenvalue weighted by molar-refractivity contribution is 0.0254. The Hall–Kier alpha value is -2.41. The number of amides is 1. The van der Waals surface area contributed by atoms with Crippen molar-refractivity contribution in [2.45, 2.75) is 25.4 Å². The molecule has 0 aromatic carbocycles. The largest absolute Gasteiger partial charge is 0.448 e. The van der Waals surface area contributed by atoms with Crippen LogP contribution in [0.2, 0.25) is 0 Å². The lowest BCUT2D eigenvalue weighted by Gasteiger charge is -2.39. The lowest BCUT2D eigenvalue weighted by atomic mass is 9.92. The molecule has 1 unspecified atom stereocenters. The number of aryl methyl sites for hydroxylation is 1. The number of aliphatic hydroxyl groups is 1. The number of nitrogens with zero attached hydrogens (tertiary/aromatic N) is 3. The zero-order valence-corrected chi connectivity index (χ0v) is 13.0. The predicted molar refractivity (Wildman–Crippen MR) is 84.2 cm³/mol. The Kier molecular flexibility index (Phi) is 4.29. The number of oxazole rings is 1. The lowest BCUT2D eigenvalue weighted by Crippen LogP contribution is -2.54. The molecular formula is C16H20N4O3. The normalized spacial score (nSPS) is 21.2. The predicted octanol–water partition coefficient (Wildman–Crippen LogP) is 1.14. The number of hydrogen-bond donors (Lipinski definition) is 2. The Morgan fingerprint density at radius 1 is 1.52 bits per heavy atom. The Bertz CT molecular complexity index is 673. The van der Waals surface area contributed by atoms with Crippen molar-refractivity contribution in [2.24, 2.45) is 0 Å². The van der Waals surface area contributed by atoms with Crippen LogP contribution < -0.4 is 10.2 Å². The van der Waals surface area contributed by atoms with E-state index in [1.807, 2.05) is 23.1 Å². The molecule has 0 radical (unpaired) electrons. The first-order valence-corrected chi connectivity index (χ1v) is 7.64. The molecule has 3 rings (SSSR count). The minimum Gasteiger partial charge on any atom is -0.448 e. The van der Waals surface area contributed by atoms with Crippen LogP contribution in [0.1, 0.15) is 29.2 Å². The number of β-amino-alcohol motifs (C(OH)–C–C–N with tert-alkyl or cyclic N) is 1. The van der Waals surface area contributed by atoms with Crippen LogP contribution in [-0.2, 0) is 0 Å². The van der Waals surface area contributed by atoms with Gasteiger partial charge in [-0.3, -0.25) is 4.79 Å². The molecule has 1 aliphatic rings. The summed E-state index contributed by atoms with van der Waals surface area (Å²) >= 11 is 0. The average Bonchev–Trinajstić information content (AvgIpc) is 3.00. The van der Waals surface area contributed by atoms with E-state index in [0.717, 1.165) is 18.8 Å². The Labute approximate surface area is 134 Å². The van der Waals surface area contributed by atoms with Crippen LogP contribution in [0.5, 0.6) is 0 Å². The molecule has 0 bridgehead atoms. The number of pyridine rings is 1. The number of nitrogens with one attached hydrogen (secondary N) is 1. The van der Waals surface area contributed by atoms with Crippen LogP contribution in [0.4, 0.5) is 5.82 Å². The van der Waals surface area contributed by atoms with Gasteiger partial charge in [-0.1, -0.05) is 6.07 Å². The van der Waals surface area contributed by atoms with Crippen molar-refractivity contribution in [3.63, 3.8) is 0 Å². The average molecular weight is 316 g/mol. The van der Waals surface area contributed by atoms with Crippen LogP contribution in [-0.4, -0.2) is 46.2 Å². The molecule has 1 atom stereocenters. The van der Waals surface area contributed by atoms with Crippen molar-refractivity contribution in [1.82, 2.24) is 15.3 Å². The van der Waals surface area contributed by atoms with Crippen molar-refractivity contribution >= 4 is 11.7 Å². The number of carbonyl (C=O) groups excluding carboxylic acids is 1. The monoisotopic (exact) mass is 316 g/mol. The molecule has 7 nitrogen and oxygen atoms in total. The summed E-state index contributed by atoms with van der Waals surface area (Å²) in [6.07, 6.45) is 4.52. The summed E-state index contributed by atoms with van der Waals surface area (Å²) in [6.45, 7) is 3.12. The van der Waals surface area contributed by atoms with E-state index < -0.39 is 5.60 Å². The van der Waals surface area contributed by atoms with Gasteiger partial charge in [-0.25, -0.2) is 9.97 Å². The molecule has 7 heteroatoms. The number of anilines is 1. The maximum Gasteiger partial charge on any atom is 0.273 e. The van der Waals surface area contributed by atoms with Crippen LogP contribution in [0.25, 0.3) is 0 Å². The van der Waals surface area contributed by atoms with E-state index in [-0.39, 0.29) is 18.1 Å². The minimum atomic E-state index is -0.982. The molecule has 2 aromatic heterocycles. The highest BCUT2D eigenvalue weighted by Gasteiger charge is 2.34. The molecule has 3 heterocycles. The van der Waals surface area contributed by atoms with Gasteiger partial charge in [0.2, 0.25) is 0 Å². The molecular weight excluding hydrogens is 296 g/mol. The summed E-state index contributed by atoms with van der Waals surface area (Å²) in [5.74, 6) is 0.933. The highest BCUT2D eigenvalue weighted by molar-refractivity contribution is 5.91. The first-order chi connectivity index (χ1) is 11.1. The van der Waals surface area contributed by atoms with E-state index >= 15 is 0 Å². The number of carbonyl (C=O) groups is 1. The van der Waals surface area contributed by atoms with Crippen molar-refractivity contribution in [1.29, 1.82) is 0 Å². The molecule has 0 spiro atoms. The molecule has 1 amide bonds. The Balaban J connectivity index is 1.61. The zero-order valence-electron chi connectivity index (χ0n) is 13.0. The fourth-order valence-electron chi connectivity index (χ4n) is 2.80. The van der Waals surface area contributed by atoms with Gasteiger partial charge in [-0.05, 0) is 25.0 Å². The van der Waals surface area contributed by atoms with Gasteiger partial charge in [0.1, 0.15) is 12.1 Å². The first kappa shape index (κ1) is 15.5. The van der Waals surface area contributed by atoms with Crippen LogP contribution in [0.15, 0.2) is 35.1 Å². The molecule has 1 fully saturated rings. The Morgan fingerprint density at radius 3 is 3.09 bits per heavy atom. The second-order valence-corrected chi connectivity index (χ2v) is 5.87. The molecule has 0 saturated carbocycles. The number of hydrogen-bond acceptors (Lipinski definition) is 6. The highest BCUT2D eigenvalue weighted by Crippen LogP contribution is 2.24. The summed E-state index contributed by atoms with van der Waals surface area (Å²) in [6, 6.07) is 5.70. The van der Waals surface area contributed by atoms with Crippen molar-refractivity contribution < 1.29 is 14.3 Å². The third-order valence-corrected chi connectivity index (χ3v) is 3.96. The Morgan fingerprint density at radius 2 is 2.39 bits per heavy atom. The topological polar surface area (TPSA) is 91.5 Å². The van der Waals surface area contributed by atoms with E-state index in [4.69, 9.17) is 4.42 Å². The van der Waals surface area contributed by atoms with Gasteiger partial charge in [0, 0.05) is 32.8 Å². The van der Waals surface area contributed by atoms with Gasteiger partial charge in [-0.15, -0.1) is 0 Å².